The Labute approximate surface area is 116 Å². The number of hydrogen-bond acceptors (Lipinski definition) is 3. The van der Waals surface area contributed by atoms with Crippen LogP contribution in [0, 0.1) is 0 Å². The Hall–Kier alpha value is -0.610. The Morgan fingerprint density at radius 1 is 0.947 bits per heavy atom. The van der Waals surface area contributed by atoms with Gasteiger partial charge in [0, 0.05) is 31.7 Å². The third kappa shape index (κ3) is 3.11. The van der Waals surface area contributed by atoms with Crippen LogP contribution in [0.1, 0.15) is 44.9 Å². The first-order chi connectivity index (χ1) is 9.34. The summed E-state index contributed by atoms with van der Waals surface area (Å²) in [6, 6.07) is 1.25. The average molecular weight is 265 g/mol. The molecule has 0 aromatic rings. The highest BCUT2D eigenvalue weighted by Gasteiger charge is 2.35. The number of likely N-dealkylation sites (tertiary alicyclic amines) is 1. The summed E-state index contributed by atoms with van der Waals surface area (Å²) in [5, 5.41) is 3.54. The van der Waals surface area contributed by atoms with E-state index in [2.05, 4.69) is 10.2 Å². The monoisotopic (exact) mass is 265 g/mol. The molecule has 3 saturated heterocycles. The topological polar surface area (TPSA) is 35.6 Å². The van der Waals surface area contributed by atoms with Gasteiger partial charge in [0.15, 0.2) is 0 Å². The summed E-state index contributed by atoms with van der Waals surface area (Å²) in [7, 11) is 0. The van der Waals surface area contributed by atoms with Crippen LogP contribution >= 0.6 is 0 Å². The van der Waals surface area contributed by atoms with E-state index in [1.807, 2.05) is 4.90 Å². The van der Waals surface area contributed by atoms with Gasteiger partial charge in [-0.1, -0.05) is 6.42 Å². The summed E-state index contributed by atoms with van der Waals surface area (Å²) in [4.78, 5) is 16.8. The van der Waals surface area contributed by atoms with E-state index in [0.29, 0.717) is 24.5 Å². The van der Waals surface area contributed by atoms with Crippen molar-refractivity contribution < 1.29 is 4.79 Å². The first kappa shape index (κ1) is 13.4. The molecule has 3 rings (SSSR count). The maximum absolute atomic E-state index is 12.2. The van der Waals surface area contributed by atoms with E-state index in [9.17, 15) is 4.79 Å². The summed E-state index contributed by atoms with van der Waals surface area (Å²) >= 11 is 0. The molecule has 1 amide bonds. The van der Waals surface area contributed by atoms with Crippen LogP contribution in [-0.4, -0.2) is 60.5 Å². The van der Waals surface area contributed by atoms with E-state index in [1.165, 1.54) is 58.0 Å². The molecular weight excluding hydrogens is 238 g/mol. The molecule has 3 aliphatic rings. The first-order valence-electron chi connectivity index (χ1n) is 8.10. The fraction of sp³-hybridized carbons (Fsp3) is 0.933. The number of fused-ring (bicyclic) bond motifs is 1. The second-order valence-corrected chi connectivity index (χ2v) is 6.32. The Bertz CT molecular complexity index is 315. The predicted octanol–water partition coefficient (Wildman–Crippen LogP) is 1.22. The highest BCUT2D eigenvalue weighted by Crippen LogP contribution is 2.27. The van der Waals surface area contributed by atoms with Gasteiger partial charge in [0.1, 0.15) is 0 Å². The average Bonchev–Trinajstić information content (AvgIpc) is 2.89. The summed E-state index contributed by atoms with van der Waals surface area (Å²) < 4.78 is 0. The summed E-state index contributed by atoms with van der Waals surface area (Å²) in [6.45, 7) is 4.99. The van der Waals surface area contributed by atoms with E-state index in [-0.39, 0.29) is 0 Å². The zero-order valence-corrected chi connectivity index (χ0v) is 11.9. The van der Waals surface area contributed by atoms with Crippen molar-refractivity contribution in [1.82, 2.24) is 15.1 Å². The van der Waals surface area contributed by atoms with Crippen LogP contribution in [0.5, 0.6) is 0 Å². The minimum Gasteiger partial charge on any atom is -0.342 e. The second-order valence-electron chi connectivity index (χ2n) is 6.32. The van der Waals surface area contributed by atoms with Gasteiger partial charge in [-0.05, 0) is 45.1 Å². The second kappa shape index (κ2) is 6.23. The Morgan fingerprint density at radius 3 is 2.58 bits per heavy atom. The summed E-state index contributed by atoms with van der Waals surface area (Å²) in [5.41, 5.74) is 0. The molecule has 0 saturated carbocycles. The van der Waals surface area contributed by atoms with Crippen LogP contribution in [0.25, 0.3) is 0 Å². The lowest BCUT2D eigenvalue weighted by atomic mass is 9.99. The number of carbonyl (C=O) groups is 1. The van der Waals surface area contributed by atoms with Gasteiger partial charge in [0.25, 0.3) is 0 Å². The number of hydrogen-bond donors (Lipinski definition) is 1. The van der Waals surface area contributed by atoms with Crippen LogP contribution in [0.15, 0.2) is 0 Å². The van der Waals surface area contributed by atoms with Crippen LogP contribution < -0.4 is 5.32 Å². The molecule has 0 aromatic carbocycles. The lowest BCUT2D eigenvalue weighted by molar-refractivity contribution is -0.131. The van der Waals surface area contributed by atoms with Gasteiger partial charge in [-0.15, -0.1) is 0 Å². The molecule has 3 fully saturated rings. The third-order valence-electron chi connectivity index (χ3n) is 5.08. The Balaban J connectivity index is 1.45. The molecule has 2 unspecified atom stereocenters. The quantitative estimate of drug-likeness (QED) is 0.833. The van der Waals surface area contributed by atoms with Gasteiger partial charge in [-0.2, -0.15) is 0 Å². The van der Waals surface area contributed by atoms with Gasteiger partial charge in [0.05, 0.1) is 6.54 Å². The summed E-state index contributed by atoms with van der Waals surface area (Å²) in [6.07, 6.45) is 8.91. The predicted molar refractivity (Wildman–Crippen MR) is 76.1 cm³/mol. The highest BCUT2D eigenvalue weighted by atomic mass is 16.2. The minimum atomic E-state index is 0.314. The third-order valence-corrected chi connectivity index (χ3v) is 5.08. The molecule has 4 heteroatoms. The van der Waals surface area contributed by atoms with Gasteiger partial charge in [-0.25, -0.2) is 0 Å². The van der Waals surface area contributed by atoms with E-state index in [1.54, 1.807) is 0 Å². The van der Waals surface area contributed by atoms with Crippen molar-refractivity contribution >= 4 is 5.91 Å². The number of piperidine rings is 2. The van der Waals surface area contributed by atoms with E-state index >= 15 is 0 Å². The van der Waals surface area contributed by atoms with Crippen LogP contribution in [0.4, 0.5) is 0 Å². The number of nitrogens with zero attached hydrogens (tertiary/aromatic N) is 2. The van der Waals surface area contributed by atoms with Crippen molar-refractivity contribution in [3.8, 4) is 0 Å². The van der Waals surface area contributed by atoms with Gasteiger partial charge in [0.2, 0.25) is 5.91 Å². The van der Waals surface area contributed by atoms with E-state index in [4.69, 9.17) is 0 Å². The molecule has 1 N–H and O–H groups in total. The number of nitrogens with one attached hydrogen (secondary N) is 1. The van der Waals surface area contributed by atoms with Crippen LogP contribution in [0.3, 0.4) is 0 Å². The first-order valence-corrected chi connectivity index (χ1v) is 8.10. The van der Waals surface area contributed by atoms with Crippen LogP contribution in [0.2, 0.25) is 0 Å². The SMILES string of the molecule is O=C(CNC1CCN2CCCCC12)N1CCCCC1. The number of rotatable bonds is 3. The fourth-order valence-electron chi connectivity index (χ4n) is 3.96. The minimum absolute atomic E-state index is 0.314. The van der Waals surface area contributed by atoms with Crippen molar-refractivity contribution in [3.63, 3.8) is 0 Å². The molecule has 3 aliphatic heterocycles. The maximum Gasteiger partial charge on any atom is 0.236 e. The zero-order chi connectivity index (χ0) is 13.1. The Morgan fingerprint density at radius 2 is 1.74 bits per heavy atom. The fourth-order valence-corrected chi connectivity index (χ4v) is 3.96. The molecular formula is C15H27N3O. The van der Waals surface area contributed by atoms with Crippen LogP contribution in [-0.2, 0) is 4.79 Å². The Kier molecular flexibility index (Phi) is 4.38. The number of carbonyl (C=O) groups excluding carboxylic acids is 1. The van der Waals surface area contributed by atoms with Crippen molar-refractivity contribution in [2.45, 2.75) is 57.0 Å². The molecule has 108 valence electrons. The highest BCUT2D eigenvalue weighted by molar-refractivity contribution is 5.78. The molecule has 3 heterocycles. The molecule has 19 heavy (non-hydrogen) atoms. The van der Waals surface area contributed by atoms with E-state index < -0.39 is 0 Å². The van der Waals surface area contributed by atoms with Crippen molar-refractivity contribution in [2.75, 3.05) is 32.7 Å². The van der Waals surface area contributed by atoms with Crippen molar-refractivity contribution in [1.29, 1.82) is 0 Å². The van der Waals surface area contributed by atoms with Gasteiger partial charge in [-0.3, -0.25) is 9.69 Å². The smallest absolute Gasteiger partial charge is 0.236 e. The van der Waals surface area contributed by atoms with Gasteiger partial charge < -0.3 is 10.2 Å². The summed E-state index contributed by atoms with van der Waals surface area (Å²) in [5.74, 6) is 0.314. The molecule has 0 radical (unpaired) electrons. The largest absolute Gasteiger partial charge is 0.342 e. The maximum atomic E-state index is 12.2. The van der Waals surface area contributed by atoms with Crippen molar-refractivity contribution in [3.05, 3.63) is 0 Å². The molecule has 0 aliphatic carbocycles. The van der Waals surface area contributed by atoms with Gasteiger partial charge >= 0.3 is 0 Å². The zero-order valence-electron chi connectivity index (χ0n) is 11.9. The molecule has 4 nitrogen and oxygen atoms in total. The number of amides is 1. The normalized spacial score (nSPS) is 32.3. The lowest BCUT2D eigenvalue weighted by Gasteiger charge is -2.33. The standard InChI is InChI=1S/C15H27N3O/c19-15(18-9-3-1-4-10-18)12-16-13-7-11-17-8-5-2-6-14(13)17/h13-14,16H,1-12H2. The molecule has 2 atom stereocenters. The molecule has 0 spiro atoms. The lowest BCUT2D eigenvalue weighted by Crippen LogP contribution is -2.48. The van der Waals surface area contributed by atoms with Crippen molar-refractivity contribution in [2.24, 2.45) is 0 Å². The molecule has 0 bridgehead atoms. The molecule has 0 aromatic heterocycles. The van der Waals surface area contributed by atoms with E-state index in [0.717, 1.165) is 13.1 Å².